The van der Waals surface area contributed by atoms with Gasteiger partial charge in [-0.3, -0.25) is 9.59 Å². The Morgan fingerprint density at radius 1 is 1.43 bits per heavy atom. The van der Waals surface area contributed by atoms with Gasteiger partial charge in [0.1, 0.15) is 0 Å². The number of nitrogens with two attached hydrogens (primary N) is 1. The molecule has 0 aliphatic rings. The molecule has 0 fully saturated rings. The van der Waals surface area contributed by atoms with Gasteiger partial charge in [-0.05, 0) is 13.0 Å². The summed E-state index contributed by atoms with van der Waals surface area (Å²) in [7, 11) is 0. The first-order valence-corrected chi connectivity index (χ1v) is 3.88. The second-order valence-corrected chi connectivity index (χ2v) is 2.57. The molecular weight excluding hydrogens is 188 g/mol. The number of carboxylic acids is 1. The molecule has 4 N–H and O–H groups in total. The lowest BCUT2D eigenvalue weighted by Gasteiger charge is -2.01. The lowest BCUT2D eigenvalue weighted by Crippen LogP contribution is -2.30. The van der Waals surface area contributed by atoms with E-state index < -0.39 is 17.7 Å². The van der Waals surface area contributed by atoms with Gasteiger partial charge in [0.25, 0.3) is 0 Å². The molecular formula is C8H12N2O4. The predicted octanol–water partition coefficient (Wildman–Crippen LogP) is -0.991. The van der Waals surface area contributed by atoms with Crippen molar-refractivity contribution in [3.63, 3.8) is 0 Å². The largest absolute Gasteiger partial charge is 0.478 e. The van der Waals surface area contributed by atoms with Gasteiger partial charge in [-0.25, -0.2) is 4.79 Å². The van der Waals surface area contributed by atoms with Crippen LogP contribution in [0.1, 0.15) is 13.3 Å². The number of hydrogen-bond acceptors (Lipinski definition) is 4. The molecule has 6 nitrogen and oxygen atoms in total. The van der Waals surface area contributed by atoms with Crippen molar-refractivity contribution in [1.29, 1.82) is 0 Å². The Hall–Kier alpha value is -1.69. The molecule has 0 saturated carbocycles. The molecule has 0 aromatic rings. The van der Waals surface area contributed by atoms with Gasteiger partial charge in [-0.15, -0.1) is 0 Å². The van der Waals surface area contributed by atoms with Gasteiger partial charge in [0, 0.05) is 5.57 Å². The molecule has 1 amide bonds. The second-order valence-electron chi connectivity index (χ2n) is 2.57. The molecule has 0 aliphatic heterocycles. The van der Waals surface area contributed by atoms with Crippen LogP contribution < -0.4 is 11.1 Å². The minimum atomic E-state index is -1.28. The maximum atomic E-state index is 10.9. The minimum absolute atomic E-state index is 0.0637. The van der Waals surface area contributed by atoms with Crippen molar-refractivity contribution in [1.82, 2.24) is 5.32 Å². The van der Waals surface area contributed by atoms with Crippen LogP contribution in [-0.4, -0.2) is 29.4 Å². The molecule has 0 radical (unpaired) electrons. The zero-order chi connectivity index (χ0) is 11.1. The monoisotopic (exact) mass is 200 g/mol. The van der Waals surface area contributed by atoms with E-state index in [1.807, 2.05) is 0 Å². The molecule has 78 valence electrons. The Morgan fingerprint density at radius 3 is 2.36 bits per heavy atom. The Labute approximate surface area is 80.8 Å². The highest BCUT2D eigenvalue weighted by atomic mass is 16.4. The standard InChI is InChI=1S/C8H12N2O4/c1-5(11)2-6(8(13)14)3-7(12)10-4-9/h2H,3-4,9H2,1H3,(H,10,12)(H,13,14)/b6-2-. The highest BCUT2D eigenvalue weighted by Gasteiger charge is 2.12. The van der Waals surface area contributed by atoms with Gasteiger partial charge in [0.05, 0.1) is 13.1 Å². The van der Waals surface area contributed by atoms with Gasteiger partial charge in [-0.1, -0.05) is 0 Å². The summed E-state index contributed by atoms with van der Waals surface area (Å²) in [6.45, 7) is 1.15. The summed E-state index contributed by atoms with van der Waals surface area (Å²) in [6.07, 6.45) is 0.560. The zero-order valence-corrected chi connectivity index (χ0v) is 7.74. The summed E-state index contributed by atoms with van der Waals surface area (Å²) in [5.74, 6) is -2.22. The van der Waals surface area contributed by atoms with Crippen LogP contribution >= 0.6 is 0 Å². The van der Waals surface area contributed by atoms with E-state index in [-0.39, 0.29) is 18.7 Å². The maximum absolute atomic E-state index is 10.9. The van der Waals surface area contributed by atoms with Crippen LogP contribution in [0.15, 0.2) is 11.6 Å². The number of carbonyl (C=O) groups is 3. The first kappa shape index (κ1) is 12.3. The number of carbonyl (C=O) groups excluding carboxylic acids is 2. The summed E-state index contributed by atoms with van der Waals surface area (Å²) >= 11 is 0. The third-order valence-corrected chi connectivity index (χ3v) is 1.30. The molecule has 6 heteroatoms. The van der Waals surface area contributed by atoms with E-state index in [9.17, 15) is 14.4 Å². The summed E-state index contributed by atoms with van der Waals surface area (Å²) in [4.78, 5) is 32.1. The van der Waals surface area contributed by atoms with Crippen molar-refractivity contribution in [2.24, 2.45) is 5.73 Å². The van der Waals surface area contributed by atoms with Crippen molar-refractivity contribution < 1.29 is 19.5 Å². The van der Waals surface area contributed by atoms with E-state index in [4.69, 9.17) is 10.8 Å². The molecule has 0 atom stereocenters. The van der Waals surface area contributed by atoms with E-state index in [0.29, 0.717) is 0 Å². The Balaban J connectivity index is 4.47. The number of ketones is 1. The topological polar surface area (TPSA) is 109 Å². The van der Waals surface area contributed by atoms with Gasteiger partial charge in [-0.2, -0.15) is 0 Å². The normalized spacial score (nSPS) is 10.9. The molecule has 0 aromatic carbocycles. The quantitative estimate of drug-likeness (QED) is 0.390. The Morgan fingerprint density at radius 2 is 2.00 bits per heavy atom. The SMILES string of the molecule is CC(=O)/C=C(/CC(=O)NCN)C(=O)O. The molecule has 0 aliphatic carbocycles. The van der Waals surface area contributed by atoms with Crippen LogP contribution in [0.3, 0.4) is 0 Å². The molecule has 0 unspecified atom stereocenters. The van der Waals surface area contributed by atoms with Gasteiger partial charge >= 0.3 is 5.97 Å². The summed E-state index contributed by atoms with van der Waals surface area (Å²) in [6, 6.07) is 0. The van der Waals surface area contributed by atoms with Crippen LogP contribution in [0.2, 0.25) is 0 Å². The number of hydrogen-bond donors (Lipinski definition) is 3. The zero-order valence-electron chi connectivity index (χ0n) is 7.74. The van der Waals surface area contributed by atoms with Crippen molar-refractivity contribution in [2.75, 3.05) is 6.67 Å². The van der Waals surface area contributed by atoms with Gasteiger partial charge < -0.3 is 16.2 Å². The number of rotatable bonds is 5. The fourth-order valence-corrected chi connectivity index (χ4v) is 0.783. The lowest BCUT2D eigenvalue weighted by atomic mass is 10.1. The smallest absolute Gasteiger partial charge is 0.332 e. The molecule has 0 saturated heterocycles. The van der Waals surface area contributed by atoms with Crippen molar-refractivity contribution in [3.8, 4) is 0 Å². The van der Waals surface area contributed by atoms with Gasteiger partial charge in [0.15, 0.2) is 5.78 Å². The second kappa shape index (κ2) is 5.87. The first-order chi connectivity index (χ1) is 6.47. The van der Waals surface area contributed by atoms with E-state index >= 15 is 0 Å². The first-order valence-electron chi connectivity index (χ1n) is 3.88. The predicted molar refractivity (Wildman–Crippen MR) is 48.2 cm³/mol. The number of allylic oxidation sites excluding steroid dienone is 1. The third-order valence-electron chi connectivity index (χ3n) is 1.30. The van der Waals surface area contributed by atoms with Crippen LogP contribution in [-0.2, 0) is 14.4 Å². The van der Waals surface area contributed by atoms with Gasteiger partial charge in [0.2, 0.25) is 5.91 Å². The van der Waals surface area contributed by atoms with Crippen LogP contribution in [0.4, 0.5) is 0 Å². The van der Waals surface area contributed by atoms with Crippen molar-refractivity contribution in [2.45, 2.75) is 13.3 Å². The number of nitrogens with one attached hydrogen (secondary N) is 1. The van der Waals surface area contributed by atoms with E-state index in [2.05, 4.69) is 5.32 Å². The Bertz CT molecular complexity index is 283. The number of carboxylic acid groups (broad SMARTS) is 1. The van der Waals surface area contributed by atoms with Crippen LogP contribution in [0.25, 0.3) is 0 Å². The average molecular weight is 200 g/mol. The van der Waals surface area contributed by atoms with Crippen molar-refractivity contribution in [3.05, 3.63) is 11.6 Å². The summed E-state index contributed by atoms with van der Waals surface area (Å²) < 4.78 is 0. The Kier molecular flexibility index (Phi) is 5.16. The van der Waals surface area contributed by atoms with Crippen LogP contribution in [0, 0.1) is 0 Å². The van der Waals surface area contributed by atoms with Crippen molar-refractivity contribution >= 4 is 17.7 Å². The third kappa shape index (κ3) is 5.04. The van der Waals surface area contributed by atoms with Crippen LogP contribution in [0.5, 0.6) is 0 Å². The molecule has 14 heavy (non-hydrogen) atoms. The number of aliphatic carboxylic acids is 1. The minimum Gasteiger partial charge on any atom is -0.478 e. The molecule has 0 spiro atoms. The molecule has 0 rings (SSSR count). The average Bonchev–Trinajstić information content (AvgIpc) is 2.02. The van der Waals surface area contributed by atoms with E-state index in [1.54, 1.807) is 0 Å². The lowest BCUT2D eigenvalue weighted by molar-refractivity contribution is -0.134. The fourth-order valence-electron chi connectivity index (χ4n) is 0.783. The molecule has 0 aromatic heterocycles. The number of amides is 1. The fraction of sp³-hybridized carbons (Fsp3) is 0.375. The maximum Gasteiger partial charge on any atom is 0.332 e. The summed E-state index contributed by atoms with van der Waals surface area (Å²) in [5, 5.41) is 10.8. The van der Waals surface area contributed by atoms with E-state index in [0.717, 1.165) is 6.08 Å². The summed E-state index contributed by atoms with van der Waals surface area (Å²) in [5.41, 5.74) is 4.77. The molecule has 0 bridgehead atoms. The highest BCUT2D eigenvalue weighted by molar-refractivity contribution is 6.01. The molecule has 0 heterocycles. The van der Waals surface area contributed by atoms with E-state index in [1.165, 1.54) is 6.92 Å². The highest BCUT2D eigenvalue weighted by Crippen LogP contribution is 2.01.